The lowest BCUT2D eigenvalue weighted by Crippen LogP contribution is -2.29. The predicted octanol–water partition coefficient (Wildman–Crippen LogP) is 5.73. The third-order valence-electron chi connectivity index (χ3n) is 6.49. The molecule has 0 bridgehead atoms. The minimum absolute atomic E-state index is 0.0255. The summed E-state index contributed by atoms with van der Waals surface area (Å²) in [6.07, 6.45) is 3.15. The summed E-state index contributed by atoms with van der Waals surface area (Å²) >= 11 is 0. The number of carbonyl (C=O) groups is 2. The molecule has 6 nitrogen and oxygen atoms in total. The summed E-state index contributed by atoms with van der Waals surface area (Å²) in [6, 6.07) is 23.2. The van der Waals surface area contributed by atoms with Gasteiger partial charge in [0.05, 0.1) is 11.6 Å². The molecule has 4 aromatic rings. The van der Waals surface area contributed by atoms with Crippen molar-refractivity contribution >= 4 is 17.4 Å². The Kier molecular flexibility index (Phi) is 7.00. The first-order valence-corrected chi connectivity index (χ1v) is 12.1. The Morgan fingerprint density at radius 3 is 2.42 bits per heavy atom. The SMILES string of the molecule is Cc1cc(/C(O)=C2/C(=O)C(=O)N(Cc3ccc(F)cc3)C2c2cccnc2)ccc1OCc1ccccc1. The molecule has 38 heavy (non-hydrogen) atoms. The number of carbonyl (C=O) groups excluding carboxylic acids is 2. The first-order valence-electron chi connectivity index (χ1n) is 12.1. The van der Waals surface area contributed by atoms with Gasteiger partial charge in [-0.25, -0.2) is 4.39 Å². The van der Waals surface area contributed by atoms with E-state index in [2.05, 4.69) is 4.98 Å². The molecular formula is C31H25FN2O4. The highest BCUT2D eigenvalue weighted by atomic mass is 19.1. The van der Waals surface area contributed by atoms with Gasteiger partial charge in [0, 0.05) is 24.5 Å². The van der Waals surface area contributed by atoms with Gasteiger partial charge in [-0.3, -0.25) is 14.6 Å². The Morgan fingerprint density at radius 2 is 1.74 bits per heavy atom. The number of ketones is 1. The lowest BCUT2D eigenvalue weighted by atomic mass is 9.95. The standard InChI is InChI=1S/C31H25FN2O4/c1-20-16-23(11-14-26(20)38-19-22-6-3-2-4-7-22)29(35)27-28(24-8-5-15-33-17-24)34(31(37)30(27)36)18-21-9-12-25(32)13-10-21/h2-17,28,35H,18-19H2,1H3/b29-27-. The molecule has 1 fully saturated rings. The topological polar surface area (TPSA) is 79.7 Å². The van der Waals surface area contributed by atoms with Gasteiger partial charge >= 0.3 is 0 Å². The highest BCUT2D eigenvalue weighted by molar-refractivity contribution is 6.46. The molecular weight excluding hydrogens is 483 g/mol. The first kappa shape index (κ1) is 24.9. The fourth-order valence-corrected chi connectivity index (χ4v) is 4.56. The van der Waals surface area contributed by atoms with Gasteiger partial charge < -0.3 is 14.7 Å². The van der Waals surface area contributed by atoms with E-state index in [0.717, 1.165) is 11.1 Å². The van der Waals surface area contributed by atoms with Crippen molar-refractivity contribution in [3.63, 3.8) is 0 Å². The lowest BCUT2D eigenvalue weighted by Gasteiger charge is -2.25. The largest absolute Gasteiger partial charge is 0.507 e. The lowest BCUT2D eigenvalue weighted by molar-refractivity contribution is -0.140. The molecule has 1 N–H and O–H groups in total. The van der Waals surface area contributed by atoms with E-state index in [0.29, 0.717) is 29.0 Å². The number of nitrogens with zero attached hydrogens (tertiary/aromatic N) is 2. The maximum atomic E-state index is 13.4. The van der Waals surface area contributed by atoms with Gasteiger partial charge in [0.2, 0.25) is 0 Å². The van der Waals surface area contributed by atoms with E-state index in [9.17, 15) is 19.1 Å². The molecule has 1 unspecified atom stereocenters. The number of benzene rings is 3. The Morgan fingerprint density at radius 1 is 0.974 bits per heavy atom. The summed E-state index contributed by atoms with van der Waals surface area (Å²) in [4.78, 5) is 31.9. The second kappa shape index (κ2) is 10.7. The fourth-order valence-electron chi connectivity index (χ4n) is 4.56. The third kappa shape index (κ3) is 5.04. The number of pyridine rings is 1. The monoisotopic (exact) mass is 508 g/mol. The quantitative estimate of drug-likeness (QED) is 0.196. The van der Waals surface area contributed by atoms with E-state index in [-0.39, 0.29) is 17.9 Å². The highest BCUT2D eigenvalue weighted by Crippen LogP contribution is 2.40. The molecule has 1 aromatic heterocycles. The molecule has 5 rings (SSSR count). The van der Waals surface area contributed by atoms with Gasteiger partial charge in [-0.15, -0.1) is 0 Å². The number of hydrogen-bond donors (Lipinski definition) is 1. The summed E-state index contributed by atoms with van der Waals surface area (Å²) in [5.41, 5.74) is 3.39. The van der Waals surface area contributed by atoms with Crippen LogP contribution in [0.5, 0.6) is 5.75 Å². The molecule has 0 saturated carbocycles. The highest BCUT2D eigenvalue weighted by Gasteiger charge is 2.46. The fraction of sp³-hybridized carbons (Fsp3) is 0.129. The van der Waals surface area contributed by atoms with Crippen LogP contribution in [0.25, 0.3) is 5.76 Å². The Labute approximate surface area is 219 Å². The van der Waals surface area contributed by atoms with Crippen LogP contribution in [0.3, 0.4) is 0 Å². The van der Waals surface area contributed by atoms with Crippen LogP contribution in [0.2, 0.25) is 0 Å². The van der Waals surface area contributed by atoms with Crippen LogP contribution >= 0.6 is 0 Å². The van der Waals surface area contributed by atoms with Crippen LogP contribution in [0.15, 0.2) is 103 Å². The zero-order valence-corrected chi connectivity index (χ0v) is 20.7. The van der Waals surface area contributed by atoms with E-state index in [4.69, 9.17) is 4.74 Å². The summed E-state index contributed by atoms with van der Waals surface area (Å²) in [5, 5.41) is 11.4. The average molecular weight is 509 g/mol. The molecule has 0 radical (unpaired) electrons. The number of halogens is 1. The Balaban J connectivity index is 1.50. The van der Waals surface area contributed by atoms with Crippen molar-refractivity contribution in [2.75, 3.05) is 0 Å². The van der Waals surface area contributed by atoms with Crippen LogP contribution in [0, 0.1) is 12.7 Å². The zero-order chi connectivity index (χ0) is 26.6. The molecule has 7 heteroatoms. The number of likely N-dealkylation sites (tertiary alicyclic amines) is 1. The number of aromatic nitrogens is 1. The maximum absolute atomic E-state index is 13.4. The molecule has 0 spiro atoms. The minimum atomic E-state index is -0.858. The van der Waals surface area contributed by atoms with Gasteiger partial charge in [0.15, 0.2) is 0 Å². The van der Waals surface area contributed by atoms with Crippen molar-refractivity contribution in [2.45, 2.75) is 26.1 Å². The van der Waals surface area contributed by atoms with Crippen molar-refractivity contribution in [1.29, 1.82) is 0 Å². The Hall–Kier alpha value is -4.78. The summed E-state index contributed by atoms with van der Waals surface area (Å²) < 4.78 is 19.4. The van der Waals surface area contributed by atoms with Crippen molar-refractivity contribution in [1.82, 2.24) is 9.88 Å². The van der Waals surface area contributed by atoms with Crippen molar-refractivity contribution in [3.8, 4) is 5.75 Å². The number of ether oxygens (including phenoxy) is 1. The molecule has 0 aliphatic carbocycles. The van der Waals surface area contributed by atoms with E-state index < -0.39 is 23.5 Å². The molecule has 1 amide bonds. The van der Waals surface area contributed by atoms with Gasteiger partial charge in [-0.05, 0) is 65.6 Å². The molecule has 1 saturated heterocycles. The number of aliphatic hydroxyl groups excluding tert-OH is 1. The summed E-state index contributed by atoms with van der Waals surface area (Å²) in [5.74, 6) is -1.57. The van der Waals surface area contributed by atoms with Crippen LogP contribution in [0.4, 0.5) is 4.39 Å². The van der Waals surface area contributed by atoms with Crippen LogP contribution in [-0.4, -0.2) is 26.7 Å². The number of hydrogen-bond acceptors (Lipinski definition) is 5. The maximum Gasteiger partial charge on any atom is 0.295 e. The van der Waals surface area contributed by atoms with E-state index >= 15 is 0 Å². The minimum Gasteiger partial charge on any atom is -0.507 e. The molecule has 3 aromatic carbocycles. The van der Waals surface area contributed by atoms with E-state index in [1.54, 1.807) is 54.9 Å². The van der Waals surface area contributed by atoms with E-state index in [1.165, 1.54) is 17.0 Å². The predicted molar refractivity (Wildman–Crippen MR) is 140 cm³/mol. The number of rotatable bonds is 7. The van der Waals surface area contributed by atoms with Crippen LogP contribution in [0.1, 0.15) is 33.9 Å². The number of aryl methyl sites for hydroxylation is 1. The second-order valence-corrected chi connectivity index (χ2v) is 9.09. The average Bonchev–Trinajstić information content (AvgIpc) is 3.19. The van der Waals surface area contributed by atoms with Crippen molar-refractivity contribution in [3.05, 3.63) is 137 Å². The zero-order valence-electron chi connectivity index (χ0n) is 20.7. The van der Waals surface area contributed by atoms with Crippen LogP contribution in [-0.2, 0) is 22.7 Å². The Bertz CT molecular complexity index is 1500. The molecule has 1 aliphatic heterocycles. The number of Topliss-reactive ketones (excluding diaryl/α,β-unsaturated/α-hetero) is 1. The second-order valence-electron chi connectivity index (χ2n) is 9.09. The summed E-state index contributed by atoms with van der Waals surface area (Å²) in [7, 11) is 0. The molecule has 2 heterocycles. The smallest absolute Gasteiger partial charge is 0.295 e. The van der Waals surface area contributed by atoms with E-state index in [1.807, 2.05) is 37.3 Å². The van der Waals surface area contributed by atoms with Crippen molar-refractivity contribution in [2.24, 2.45) is 0 Å². The first-order chi connectivity index (χ1) is 18.4. The van der Waals surface area contributed by atoms with Gasteiger partial charge in [0.25, 0.3) is 11.7 Å². The summed E-state index contributed by atoms with van der Waals surface area (Å²) in [6.45, 7) is 2.30. The number of aliphatic hydroxyl groups is 1. The van der Waals surface area contributed by atoms with Crippen LogP contribution < -0.4 is 4.74 Å². The van der Waals surface area contributed by atoms with Gasteiger partial charge in [-0.1, -0.05) is 48.5 Å². The normalized spacial score (nSPS) is 16.6. The number of amides is 1. The van der Waals surface area contributed by atoms with Crippen molar-refractivity contribution < 1.29 is 23.8 Å². The third-order valence-corrected chi connectivity index (χ3v) is 6.49. The molecule has 190 valence electrons. The van der Waals surface area contributed by atoms with Gasteiger partial charge in [-0.2, -0.15) is 0 Å². The molecule has 1 aliphatic rings. The van der Waals surface area contributed by atoms with Gasteiger partial charge in [0.1, 0.15) is 23.9 Å². The molecule has 1 atom stereocenters.